The van der Waals surface area contributed by atoms with Gasteiger partial charge in [-0.15, -0.1) is 0 Å². The van der Waals surface area contributed by atoms with Crippen LogP contribution in [0.1, 0.15) is 52.8 Å². The van der Waals surface area contributed by atoms with Gasteiger partial charge in [-0.05, 0) is 52.6 Å². The van der Waals surface area contributed by atoms with Crippen molar-refractivity contribution in [3.63, 3.8) is 0 Å². The van der Waals surface area contributed by atoms with Crippen molar-refractivity contribution in [3.05, 3.63) is 24.3 Å². The number of aromatic nitrogens is 3. The second-order valence-corrected chi connectivity index (χ2v) is 6.77. The zero-order valence-electron chi connectivity index (χ0n) is 12.9. The number of fused-ring (bicyclic) bond motifs is 1. The van der Waals surface area contributed by atoms with Gasteiger partial charge in [0.15, 0.2) is 0 Å². The van der Waals surface area contributed by atoms with E-state index in [0.717, 1.165) is 24.9 Å². The van der Waals surface area contributed by atoms with E-state index in [9.17, 15) is 0 Å². The predicted octanol–water partition coefficient (Wildman–Crippen LogP) is 3.18. The lowest BCUT2D eigenvalue weighted by atomic mass is 9.92. The average Bonchev–Trinajstić information content (AvgIpc) is 3.03. The molecule has 0 amide bonds. The Kier molecular flexibility index (Phi) is 3.09. The number of rotatable bonds is 2. The van der Waals surface area contributed by atoms with Crippen molar-refractivity contribution in [3.8, 4) is 0 Å². The molecular formula is C16H24N4. The minimum atomic E-state index is 0.0118. The third kappa shape index (κ3) is 1.94. The normalized spacial score (nSPS) is 23.6. The van der Waals surface area contributed by atoms with E-state index in [1.165, 1.54) is 17.8 Å². The van der Waals surface area contributed by atoms with Crippen LogP contribution in [0.15, 0.2) is 18.5 Å². The fourth-order valence-electron chi connectivity index (χ4n) is 3.39. The van der Waals surface area contributed by atoms with Crippen molar-refractivity contribution in [1.29, 1.82) is 0 Å². The molecule has 1 aliphatic heterocycles. The zero-order chi connectivity index (χ0) is 14.4. The molecule has 1 atom stereocenters. The summed E-state index contributed by atoms with van der Waals surface area (Å²) in [6.45, 7) is 10.1. The predicted molar refractivity (Wildman–Crippen MR) is 81.7 cm³/mol. The van der Waals surface area contributed by atoms with Crippen LogP contribution in [0.5, 0.6) is 0 Å². The summed E-state index contributed by atoms with van der Waals surface area (Å²) >= 11 is 0. The molecule has 2 aromatic rings. The third-order valence-electron chi connectivity index (χ3n) is 4.40. The van der Waals surface area contributed by atoms with Crippen LogP contribution < -0.4 is 5.32 Å². The Morgan fingerprint density at radius 1 is 1.40 bits per heavy atom. The molecule has 0 bridgehead atoms. The van der Waals surface area contributed by atoms with E-state index in [1.54, 1.807) is 0 Å². The molecular weight excluding hydrogens is 248 g/mol. The molecule has 3 heterocycles. The Balaban J connectivity index is 2.29. The van der Waals surface area contributed by atoms with E-state index in [2.05, 4.69) is 48.6 Å². The minimum Gasteiger partial charge on any atom is -0.321 e. The Hall–Kier alpha value is -1.42. The van der Waals surface area contributed by atoms with E-state index >= 15 is 0 Å². The zero-order valence-corrected chi connectivity index (χ0v) is 12.9. The second-order valence-electron chi connectivity index (χ2n) is 6.77. The molecule has 0 aliphatic carbocycles. The molecule has 3 rings (SSSR count). The number of hydrogen-bond donors (Lipinski definition) is 1. The summed E-state index contributed by atoms with van der Waals surface area (Å²) in [5.41, 5.74) is 2.22. The van der Waals surface area contributed by atoms with Crippen LogP contribution in [0.2, 0.25) is 0 Å². The first-order valence-electron chi connectivity index (χ1n) is 7.56. The smallest absolute Gasteiger partial charge is 0.130 e. The Morgan fingerprint density at radius 3 is 2.80 bits per heavy atom. The van der Waals surface area contributed by atoms with Gasteiger partial charge in [0.05, 0.1) is 17.3 Å². The molecule has 108 valence electrons. The van der Waals surface area contributed by atoms with E-state index < -0.39 is 0 Å². The first-order valence-corrected chi connectivity index (χ1v) is 7.56. The maximum atomic E-state index is 4.94. The standard InChI is InChI=1S/C16H24N4/c1-5-16(8-6-9-18-16)14-19-12-11-17-10-7-13(12)20(14)15(2,3)4/h7,10-11,18H,5-6,8-9H2,1-4H3. The minimum absolute atomic E-state index is 0.0118. The maximum Gasteiger partial charge on any atom is 0.130 e. The summed E-state index contributed by atoms with van der Waals surface area (Å²) in [5.74, 6) is 1.17. The lowest BCUT2D eigenvalue weighted by Crippen LogP contribution is -2.41. The van der Waals surface area contributed by atoms with E-state index in [0.29, 0.717) is 0 Å². The molecule has 0 saturated carbocycles. The number of hydrogen-bond acceptors (Lipinski definition) is 3. The van der Waals surface area contributed by atoms with Gasteiger partial charge in [-0.25, -0.2) is 4.98 Å². The second kappa shape index (κ2) is 4.55. The van der Waals surface area contributed by atoms with Gasteiger partial charge >= 0.3 is 0 Å². The fraction of sp³-hybridized carbons (Fsp3) is 0.625. The highest BCUT2D eigenvalue weighted by Crippen LogP contribution is 2.37. The van der Waals surface area contributed by atoms with E-state index in [-0.39, 0.29) is 11.1 Å². The Morgan fingerprint density at radius 2 is 2.20 bits per heavy atom. The Labute approximate surface area is 120 Å². The highest BCUT2D eigenvalue weighted by molar-refractivity contribution is 5.75. The SMILES string of the molecule is CCC1(c2nc3cnccc3n2C(C)(C)C)CCCN1. The molecule has 1 N–H and O–H groups in total. The van der Waals surface area contributed by atoms with Gasteiger partial charge < -0.3 is 9.88 Å². The van der Waals surface area contributed by atoms with Crippen LogP contribution in [-0.4, -0.2) is 21.1 Å². The first kappa shape index (κ1) is 13.6. The van der Waals surface area contributed by atoms with Gasteiger partial charge in [-0.1, -0.05) is 6.92 Å². The molecule has 1 saturated heterocycles. The monoisotopic (exact) mass is 272 g/mol. The van der Waals surface area contributed by atoms with Crippen LogP contribution in [0.4, 0.5) is 0 Å². The highest BCUT2D eigenvalue weighted by atomic mass is 15.2. The molecule has 0 radical (unpaired) electrons. The molecule has 1 aliphatic rings. The molecule has 1 unspecified atom stereocenters. The number of nitrogens with zero attached hydrogens (tertiary/aromatic N) is 3. The largest absolute Gasteiger partial charge is 0.321 e. The third-order valence-corrected chi connectivity index (χ3v) is 4.40. The Bertz CT molecular complexity index is 615. The van der Waals surface area contributed by atoms with Crippen LogP contribution in [0.3, 0.4) is 0 Å². The summed E-state index contributed by atoms with van der Waals surface area (Å²) in [4.78, 5) is 9.17. The highest BCUT2D eigenvalue weighted by Gasteiger charge is 2.40. The average molecular weight is 272 g/mol. The van der Waals surface area contributed by atoms with Gasteiger partial charge in [-0.2, -0.15) is 0 Å². The van der Waals surface area contributed by atoms with Gasteiger partial charge in [-0.3, -0.25) is 4.98 Å². The lowest BCUT2D eigenvalue weighted by Gasteiger charge is -2.33. The summed E-state index contributed by atoms with van der Waals surface area (Å²) in [7, 11) is 0. The summed E-state index contributed by atoms with van der Waals surface area (Å²) in [5, 5.41) is 3.71. The fourth-order valence-corrected chi connectivity index (χ4v) is 3.39. The van der Waals surface area contributed by atoms with Crippen LogP contribution in [0, 0.1) is 0 Å². The molecule has 0 aromatic carbocycles. The van der Waals surface area contributed by atoms with E-state index in [4.69, 9.17) is 4.98 Å². The van der Waals surface area contributed by atoms with Crippen LogP contribution in [0.25, 0.3) is 11.0 Å². The van der Waals surface area contributed by atoms with E-state index in [1.807, 2.05) is 12.4 Å². The number of imidazole rings is 1. The van der Waals surface area contributed by atoms with Crippen LogP contribution >= 0.6 is 0 Å². The van der Waals surface area contributed by atoms with Gasteiger partial charge in [0, 0.05) is 11.7 Å². The summed E-state index contributed by atoms with van der Waals surface area (Å²) in [6.07, 6.45) is 7.19. The van der Waals surface area contributed by atoms with Crippen molar-refractivity contribution < 1.29 is 0 Å². The molecule has 2 aromatic heterocycles. The topological polar surface area (TPSA) is 42.7 Å². The van der Waals surface area contributed by atoms with Crippen molar-refractivity contribution in [2.45, 2.75) is 58.0 Å². The number of pyridine rings is 1. The quantitative estimate of drug-likeness (QED) is 0.913. The molecule has 4 heteroatoms. The molecule has 4 nitrogen and oxygen atoms in total. The van der Waals surface area contributed by atoms with Gasteiger partial charge in [0.1, 0.15) is 11.3 Å². The lowest BCUT2D eigenvalue weighted by molar-refractivity contribution is 0.298. The summed E-state index contributed by atoms with van der Waals surface area (Å²) in [6, 6.07) is 2.08. The summed E-state index contributed by atoms with van der Waals surface area (Å²) < 4.78 is 2.39. The molecule has 1 fully saturated rings. The maximum absolute atomic E-state index is 4.94. The van der Waals surface area contributed by atoms with Crippen molar-refractivity contribution in [1.82, 2.24) is 19.9 Å². The molecule has 20 heavy (non-hydrogen) atoms. The van der Waals surface area contributed by atoms with Crippen molar-refractivity contribution >= 4 is 11.0 Å². The van der Waals surface area contributed by atoms with Gasteiger partial charge in [0.25, 0.3) is 0 Å². The molecule has 0 spiro atoms. The van der Waals surface area contributed by atoms with Crippen molar-refractivity contribution in [2.24, 2.45) is 0 Å². The number of nitrogens with one attached hydrogen (secondary N) is 1. The van der Waals surface area contributed by atoms with Crippen molar-refractivity contribution in [2.75, 3.05) is 6.54 Å². The van der Waals surface area contributed by atoms with Gasteiger partial charge in [0.2, 0.25) is 0 Å². The van der Waals surface area contributed by atoms with Crippen LogP contribution in [-0.2, 0) is 11.1 Å². The first-order chi connectivity index (χ1) is 9.48.